The van der Waals surface area contributed by atoms with Gasteiger partial charge in [-0.05, 0) is 24.1 Å². The van der Waals surface area contributed by atoms with E-state index in [-0.39, 0.29) is 5.91 Å². The Balaban J connectivity index is 3.08. The molecule has 2 N–H and O–H groups in total. The molecule has 1 aromatic carbocycles. The Morgan fingerprint density at radius 2 is 1.89 bits per heavy atom. The molecule has 100 valence electrons. The zero-order chi connectivity index (χ0) is 13.9. The average Bonchev–Trinajstić information content (AvgIpc) is 2.28. The Labute approximate surface area is 114 Å². The Morgan fingerprint density at radius 1 is 1.28 bits per heavy atom. The minimum atomic E-state index is 0.0217. The van der Waals surface area contributed by atoms with E-state index in [0.717, 1.165) is 10.5 Å². The molecule has 0 radical (unpaired) electrons. The van der Waals surface area contributed by atoms with E-state index in [1.807, 2.05) is 12.1 Å². The number of nitrogens with two attached hydrogens (primary N) is 1. The van der Waals surface area contributed by atoms with E-state index in [2.05, 4.69) is 20.8 Å². The van der Waals surface area contributed by atoms with Gasteiger partial charge in [0.2, 0.25) is 0 Å². The number of nitrogens with zero attached hydrogens (tertiary/aromatic N) is 1. The Bertz CT molecular complexity index is 430. The number of hydrogen-bond donors (Lipinski definition) is 1. The summed E-state index contributed by atoms with van der Waals surface area (Å²) in [6, 6.07) is 5.48. The van der Waals surface area contributed by atoms with Crippen molar-refractivity contribution in [2.24, 2.45) is 5.92 Å². The first-order chi connectivity index (χ1) is 8.32. The summed E-state index contributed by atoms with van der Waals surface area (Å²) in [6.45, 7) is 6.53. The number of thioether (sulfide) groups is 1. The van der Waals surface area contributed by atoms with Gasteiger partial charge in [-0.1, -0.05) is 20.8 Å². The number of anilines is 1. The van der Waals surface area contributed by atoms with Gasteiger partial charge in [-0.3, -0.25) is 4.79 Å². The number of rotatable bonds is 4. The van der Waals surface area contributed by atoms with Gasteiger partial charge >= 0.3 is 0 Å². The number of benzene rings is 1. The summed E-state index contributed by atoms with van der Waals surface area (Å²) < 4.78 is 0. The number of amides is 1. The number of nitrogen functional groups attached to an aromatic ring is 1. The van der Waals surface area contributed by atoms with Crippen LogP contribution in [0.4, 0.5) is 5.69 Å². The van der Waals surface area contributed by atoms with Gasteiger partial charge in [0.25, 0.3) is 5.91 Å². The molecule has 0 aromatic heterocycles. The fourth-order valence-electron chi connectivity index (χ4n) is 1.39. The second kappa shape index (κ2) is 6.14. The number of carbonyl (C=O) groups is 1. The first-order valence-corrected chi connectivity index (χ1v) is 6.98. The minimum absolute atomic E-state index is 0.0217. The Kier molecular flexibility index (Phi) is 5.08. The molecule has 1 amide bonds. The van der Waals surface area contributed by atoms with E-state index in [4.69, 9.17) is 5.73 Å². The summed E-state index contributed by atoms with van der Waals surface area (Å²) >= 11 is 1.71. The van der Waals surface area contributed by atoms with Gasteiger partial charge in [0.1, 0.15) is 0 Å². The Morgan fingerprint density at radius 3 is 2.39 bits per heavy atom. The van der Waals surface area contributed by atoms with Crippen LogP contribution in [0.5, 0.6) is 0 Å². The SMILES string of the molecule is CC(C)C(C)Sc1cc(N)ccc1C(=O)N(C)C. The van der Waals surface area contributed by atoms with E-state index in [1.165, 1.54) is 0 Å². The quantitative estimate of drug-likeness (QED) is 0.673. The van der Waals surface area contributed by atoms with Crippen LogP contribution < -0.4 is 5.73 Å². The first kappa shape index (κ1) is 14.9. The van der Waals surface area contributed by atoms with Crippen molar-refractivity contribution in [3.8, 4) is 0 Å². The van der Waals surface area contributed by atoms with E-state index < -0.39 is 0 Å². The Hall–Kier alpha value is -1.16. The van der Waals surface area contributed by atoms with Crippen molar-refractivity contribution in [3.63, 3.8) is 0 Å². The average molecular weight is 266 g/mol. The maximum absolute atomic E-state index is 12.1. The van der Waals surface area contributed by atoms with Crippen LogP contribution in [-0.2, 0) is 0 Å². The van der Waals surface area contributed by atoms with Crippen LogP contribution in [0.15, 0.2) is 23.1 Å². The van der Waals surface area contributed by atoms with Crippen molar-refractivity contribution >= 4 is 23.4 Å². The zero-order valence-electron chi connectivity index (χ0n) is 11.7. The molecule has 0 heterocycles. The number of hydrogen-bond acceptors (Lipinski definition) is 3. The summed E-state index contributed by atoms with van der Waals surface area (Å²) in [6.07, 6.45) is 0. The first-order valence-electron chi connectivity index (χ1n) is 6.10. The van der Waals surface area contributed by atoms with Crippen LogP contribution in [-0.4, -0.2) is 30.2 Å². The van der Waals surface area contributed by atoms with Gasteiger partial charge in [-0.25, -0.2) is 0 Å². The van der Waals surface area contributed by atoms with E-state index in [9.17, 15) is 4.79 Å². The summed E-state index contributed by atoms with van der Waals surface area (Å²) in [4.78, 5) is 14.7. The van der Waals surface area contributed by atoms with Gasteiger partial charge < -0.3 is 10.6 Å². The highest BCUT2D eigenvalue weighted by Crippen LogP contribution is 2.32. The van der Waals surface area contributed by atoms with Gasteiger partial charge in [0.05, 0.1) is 5.56 Å². The lowest BCUT2D eigenvalue weighted by atomic mass is 10.1. The van der Waals surface area contributed by atoms with E-state index >= 15 is 0 Å². The van der Waals surface area contributed by atoms with Crippen molar-refractivity contribution in [2.45, 2.75) is 30.9 Å². The summed E-state index contributed by atoms with van der Waals surface area (Å²) in [5, 5.41) is 0.445. The molecule has 0 saturated carbocycles. The van der Waals surface area contributed by atoms with Gasteiger partial charge in [-0.2, -0.15) is 0 Å². The molecule has 0 aliphatic carbocycles. The fraction of sp³-hybridized carbons (Fsp3) is 0.500. The monoisotopic (exact) mass is 266 g/mol. The molecule has 1 atom stereocenters. The van der Waals surface area contributed by atoms with Crippen molar-refractivity contribution in [1.29, 1.82) is 0 Å². The second-order valence-corrected chi connectivity index (χ2v) is 6.44. The molecule has 0 bridgehead atoms. The van der Waals surface area contributed by atoms with Crippen molar-refractivity contribution < 1.29 is 4.79 Å². The van der Waals surface area contributed by atoms with Crippen LogP contribution in [0.1, 0.15) is 31.1 Å². The molecule has 4 heteroatoms. The van der Waals surface area contributed by atoms with E-state index in [0.29, 0.717) is 16.9 Å². The third-order valence-corrected chi connectivity index (χ3v) is 4.40. The molecule has 0 spiro atoms. The van der Waals surface area contributed by atoms with Crippen molar-refractivity contribution in [1.82, 2.24) is 4.90 Å². The molecule has 0 fully saturated rings. The maximum atomic E-state index is 12.1. The lowest BCUT2D eigenvalue weighted by Crippen LogP contribution is -2.22. The lowest BCUT2D eigenvalue weighted by Gasteiger charge is -2.19. The normalized spacial score (nSPS) is 12.6. The van der Waals surface area contributed by atoms with Crippen LogP contribution in [0, 0.1) is 5.92 Å². The van der Waals surface area contributed by atoms with Gasteiger partial charge in [0, 0.05) is 29.9 Å². The second-order valence-electron chi connectivity index (χ2n) is 5.02. The van der Waals surface area contributed by atoms with Gasteiger partial charge in [-0.15, -0.1) is 11.8 Å². The third-order valence-electron chi connectivity index (χ3n) is 2.89. The number of carbonyl (C=O) groups excluding carboxylic acids is 1. The molecule has 3 nitrogen and oxygen atoms in total. The highest BCUT2D eigenvalue weighted by molar-refractivity contribution is 8.00. The standard InChI is InChI=1S/C14H22N2OS/c1-9(2)10(3)18-13-8-11(15)6-7-12(13)14(17)16(4)5/h6-10H,15H2,1-5H3. The lowest BCUT2D eigenvalue weighted by molar-refractivity contribution is 0.0824. The fourth-order valence-corrected chi connectivity index (χ4v) is 2.55. The molecule has 0 aliphatic rings. The molecule has 1 rings (SSSR count). The van der Waals surface area contributed by atoms with Crippen LogP contribution in [0.2, 0.25) is 0 Å². The highest BCUT2D eigenvalue weighted by atomic mass is 32.2. The summed E-state index contributed by atoms with van der Waals surface area (Å²) in [7, 11) is 3.53. The van der Waals surface area contributed by atoms with E-state index in [1.54, 1.807) is 36.8 Å². The molecular formula is C14H22N2OS. The predicted molar refractivity (Wildman–Crippen MR) is 79.0 cm³/mol. The minimum Gasteiger partial charge on any atom is -0.399 e. The van der Waals surface area contributed by atoms with Crippen LogP contribution in [0.3, 0.4) is 0 Å². The summed E-state index contributed by atoms with van der Waals surface area (Å²) in [5.41, 5.74) is 7.24. The summed E-state index contributed by atoms with van der Waals surface area (Å²) in [5.74, 6) is 0.576. The zero-order valence-corrected chi connectivity index (χ0v) is 12.5. The molecular weight excluding hydrogens is 244 g/mol. The smallest absolute Gasteiger partial charge is 0.254 e. The highest BCUT2D eigenvalue weighted by Gasteiger charge is 2.17. The molecule has 0 aliphatic heterocycles. The molecule has 1 aromatic rings. The van der Waals surface area contributed by atoms with Crippen molar-refractivity contribution in [3.05, 3.63) is 23.8 Å². The topological polar surface area (TPSA) is 46.3 Å². The predicted octanol–water partition coefficient (Wildman–Crippen LogP) is 3.11. The molecule has 18 heavy (non-hydrogen) atoms. The molecule has 1 unspecified atom stereocenters. The maximum Gasteiger partial charge on any atom is 0.254 e. The van der Waals surface area contributed by atoms with Crippen LogP contribution >= 0.6 is 11.8 Å². The molecule has 0 saturated heterocycles. The van der Waals surface area contributed by atoms with Crippen LogP contribution in [0.25, 0.3) is 0 Å². The largest absolute Gasteiger partial charge is 0.399 e. The van der Waals surface area contributed by atoms with Gasteiger partial charge in [0.15, 0.2) is 0 Å². The third kappa shape index (κ3) is 3.67. The van der Waals surface area contributed by atoms with Crippen molar-refractivity contribution in [2.75, 3.05) is 19.8 Å².